The molecule has 2 aromatic rings. The van der Waals surface area contributed by atoms with Gasteiger partial charge in [0.1, 0.15) is 6.10 Å². The molecule has 6 nitrogen and oxygen atoms in total. The molecule has 1 aromatic heterocycles. The van der Waals surface area contributed by atoms with Gasteiger partial charge in [0.15, 0.2) is 5.13 Å². The molecule has 0 aliphatic carbocycles. The Hall–Kier alpha value is -1.25. The van der Waals surface area contributed by atoms with Gasteiger partial charge in [-0.1, -0.05) is 23.5 Å². The molecule has 0 spiro atoms. The van der Waals surface area contributed by atoms with Crippen molar-refractivity contribution in [2.24, 2.45) is 5.92 Å². The monoisotopic (exact) mass is 377 g/mol. The molecule has 0 bridgehead atoms. The van der Waals surface area contributed by atoms with Crippen molar-refractivity contribution < 1.29 is 15.3 Å². The molecule has 2 aliphatic rings. The van der Waals surface area contributed by atoms with E-state index >= 15 is 0 Å². The summed E-state index contributed by atoms with van der Waals surface area (Å²) in [7, 11) is 0. The SMILES string of the molecule is C[C@@H]1[C@@H](O)[C@H](O)[C@@H](O)CN1C[C@H]1CCCN(c2nc3ccccc3s2)C1. The largest absolute Gasteiger partial charge is 0.389 e. The highest BCUT2D eigenvalue weighted by Gasteiger charge is 2.39. The van der Waals surface area contributed by atoms with E-state index in [0.29, 0.717) is 12.5 Å². The van der Waals surface area contributed by atoms with Gasteiger partial charge in [-0.25, -0.2) is 4.98 Å². The lowest BCUT2D eigenvalue weighted by Crippen LogP contribution is -2.61. The first-order valence-electron chi connectivity index (χ1n) is 9.41. The van der Waals surface area contributed by atoms with E-state index in [0.717, 1.165) is 43.1 Å². The van der Waals surface area contributed by atoms with Gasteiger partial charge in [0.05, 0.1) is 22.4 Å². The van der Waals surface area contributed by atoms with Crippen molar-refractivity contribution in [3.05, 3.63) is 24.3 Å². The highest BCUT2D eigenvalue weighted by atomic mass is 32.1. The fourth-order valence-corrected chi connectivity index (χ4v) is 5.20. The summed E-state index contributed by atoms with van der Waals surface area (Å²) >= 11 is 1.74. The van der Waals surface area contributed by atoms with Crippen molar-refractivity contribution in [3.8, 4) is 0 Å². The maximum absolute atomic E-state index is 10.2. The van der Waals surface area contributed by atoms with E-state index in [1.807, 2.05) is 19.1 Å². The maximum atomic E-state index is 10.2. The molecule has 4 rings (SSSR count). The van der Waals surface area contributed by atoms with Crippen LogP contribution in [0.1, 0.15) is 19.8 Å². The van der Waals surface area contributed by atoms with Crippen molar-refractivity contribution in [2.45, 2.75) is 44.1 Å². The second kappa shape index (κ2) is 7.40. The Morgan fingerprint density at radius 1 is 1.15 bits per heavy atom. The number of aliphatic hydroxyl groups excluding tert-OH is 3. The number of nitrogens with zero attached hydrogens (tertiary/aromatic N) is 3. The van der Waals surface area contributed by atoms with E-state index < -0.39 is 18.3 Å². The first-order chi connectivity index (χ1) is 12.5. The Bertz CT molecular complexity index is 721. The van der Waals surface area contributed by atoms with Crippen LogP contribution in [-0.2, 0) is 0 Å². The summed E-state index contributed by atoms with van der Waals surface area (Å²) in [6.45, 7) is 5.13. The minimum Gasteiger partial charge on any atom is -0.389 e. The second-order valence-electron chi connectivity index (χ2n) is 7.66. The maximum Gasteiger partial charge on any atom is 0.186 e. The third-order valence-electron chi connectivity index (χ3n) is 5.80. The summed E-state index contributed by atoms with van der Waals surface area (Å²) in [5.41, 5.74) is 1.06. The lowest BCUT2D eigenvalue weighted by molar-refractivity contribution is -0.135. The lowest BCUT2D eigenvalue weighted by Gasteiger charge is -2.44. The Morgan fingerprint density at radius 3 is 2.77 bits per heavy atom. The zero-order valence-corrected chi connectivity index (χ0v) is 15.8. The van der Waals surface area contributed by atoms with E-state index in [1.54, 1.807) is 11.3 Å². The van der Waals surface area contributed by atoms with Gasteiger partial charge in [-0.15, -0.1) is 0 Å². The van der Waals surface area contributed by atoms with E-state index in [1.165, 1.54) is 4.70 Å². The van der Waals surface area contributed by atoms with Crippen molar-refractivity contribution in [1.29, 1.82) is 0 Å². The lowest BCUT2D eigenvalue weighted by atomic mass is 9.91. The van der Waals surface area contributed by atoms with Crippen LogP contribution in [0.3, 0.4) is 0 Å². The Morgan fingerprint density at radius 2 is 1.96 bits per heavy atom. The third kappa shape index (κ3) is 3.46. The van der Waals surface area contributed by atoms with E-state index in [4.69, 9.17) is 4.98 Å². The summed E-state index contributed by atoms with van der Waals surface area (Å²) in [4.78, 5) is 9.27. The first kappa shape index (κ1) is 18.1. The smallest absolute Gasteiger partial charge is 0.186 e. The summed E-state index contributed by atoms with van der Waals surface area (Å²) in [6, 6.07) is 8.09. The quantitative estimate of drug-likeness (QED) is 0.748. The van der Waals surface area contributed by atoms with Crippen LogP contribution in [0.4, 0.5) is 5.13 Å². The van der Waals surface area contributed by atoms with Crippen LogP contribution in [0.5, 0.6) is 0 Å². The molecule has 3 N–H and O–H groups in total. The fraction of sp³-hybridized carbons (Fsp3) is 0.632. The molecule has 0 unspecified atom stereocenters. The molecule has 7 heteroatoms. The number of hydrogen-bond acceptors (Lipinski definition) is 7. The minimum absolute atomic E-state index is 0.147. The number of para-hydroxylation sites is 1. The molecule has 2 fully saturated rings. The summed E-state index contributed by atoms with van der Waals surface area (Å²) in [6.07, 6.45) is -0.574. The molecule has 2 saturated heterocycles. The van der Waals surface area contributed by atoms with E-state index in [-0.39, 0.29) is 6.04 Å². The number of rotatable bonds is 3. The van der Waals surface area contributed by atoms with E-state index in [9.17, 15) is 15.3 Å². The average molecular weight is 378 g/mol. The van der Waals surface area contributed by atoms with Crippen molar-refractivity contribution >= 4 is 26.7 Å². The third-order valence-corrected chi connectivity index (χ3v) is 6.90. The molecule has 26 heavy (non-hydrogen) atoms. The highest BCUT2D eigenvalue weighted by Crippen LogP contribution is 2.32. The number of likely N-dealkylation sites (tertiary alicyclic amines) is 1. The summed E-state index contributed by atoms with van der Waals surface area (Å²) < 4.78 is 1.22. The van der Waals surface area contributed by atoms with Gasteiger partial charge in [0.25, 0.3) is 0 Å². The zero-order valence-electron chi connectivity index (χ0n) is 15.0. The van der Waals surface area contributed by atoms with Gasteiger partial charge in [-0.05, 0) is 37.8 Å². The van der Waals surface area contributed by atoms with Gasteiger partial charge in [0.2, 0.25) is 0 Å². The molecule has 0 amide bonds. The fourth-order valence-electron chi connectivity index (χ4n) is 4.20. The highest BCUT2D eigenvalue weighted by molar-refractivity contribution is 7.22. The average Bonchev–Trinajstić information content (AvgIpc) is 3.09. The molecular formula is C19H27N3O3S. The molecular weight excluding hydrogens is 350 g/mol. The second-order valence-corrected chi connectivity index (χ2v) is 8.67. The molecule has 142 valence electrons. The number of piperidine rings is 2. The standard InChI is InChI=1S/C19H27N3O3S/c1-12-17(24)18(25)15(23)11-22(12)10-13-5-4-8-21(9-13)19-20-14-6-2-3-7-16(14)26-19/h2-3,6-7,12-13,15,17-18,23-25H,4-5,8-11H2,1H3/t12-,13+,15+,17-,18-/m1/s1. The Kier molecular flexibility index (Phi) is 5.16. The number of aliphatic hydroxyl groups is 3. The van der Waals surface area contributed by atoms with Crippen molar-refractivity contribution in [1.82, 2.24) is 9.88 Å². The van der Waals surface area contributed by atoms with Crippen LogP contribution in [0.25, 0.3) is 10.2 Å². The zero-order chi connectivity index (χ0) is 18.3. The van der Waals surface area contributed by atoms with Gasteiger partial charge >= 0.3 is 0 Å². The van der Waals surface area contributed by atoms with E-state index in [2.05, 4.69) is 21.9 Å². The van der Waals surface area contributed by atoms with Crippen LogP contribution < -0.4 is 4.90 Å². The molecule has 1 aromatic carbocycles. The number of benzene rings is 1. The van der Waals surface area contributed by atoms with Crippen LogP contribution in [-0.4, -0.2) is 75.7 Å². The first-order valence-corrected chi connectivity index (χ1v) is 10.2. The minimum atomic E-state index is -1.05. The number of thiazole rings is 1. The number of β-amino-alcohol motifs (C(OH)–C–C–N with tert-alkyl or cyclic N) is 1. The number of aromatic nitrogens is 1. The molecule has 3 heterocycles. The van der Waals surface area contributed by atoms with Gasteiger partial charge in [0, 0.05) is 32.2 Å². The molecule has 0 radical (unpaired) electrons. The predicted octanol–water partition coefficient (Wildman–Crippen LogP) is 1.30. The Labute approximate surface area is 157 Å². The van der Waals surface area contributed by atoms with Gasteiger partial charge in [-0.2, -0.15) is 0 Å². The molecule has 5 atom stereocenters. The predicted molar refractivity (Wildman–Crippen MR) is 104 cm³/mol. The van der Waals surface area contributed by atoms with Gasteiger partial charge < -0.3 is 20.2 Å². The summed E-state index contributed by atoms with van der Waals surface area (Å²) in [5.74, 6) is 0.466. The van der Waals surface area contributed by atoms with Crippen molar-refractivity contribution in [3.63, 3.8) is 0 Å². The van der Waals surface area contributed by atoms with Crippen LogP contribution in [0.15, 0.2) is 24.3 Å². The van der Waals surface area contributed by atoms with Gasteiger partial charge in [-0.3, -0.25) is 4.90 Å². The van der Waals surface area contributed by atoms with Crippen LogP contribution in [0.2, 0.25) is 0 Å². The normalized spacial score (nSPS) is 33.7. The van der Waals surface area contributed by atoms with Crippen molar-refractivity contribution in [2.75, 3.05) is 31.1 Å². The van der Waals surface area contributed by atoms with Crippen LogP contribution >= 0.6 is 11.3 Å². The number of anilines is 1. The molecule has 2 aliphatic heterocycles. The number of hydrogen-bond donors (Lipinski definition) is 3. The van der Waals surface area contributed by atoms with Crippen LogP contribution in [0, 0.1) is 5.92 Å². The summed E-state index contributed by atoms with van der Waals surface area (Å²) in [5, 5.41) is 31.1. The number of fused-ring (bicyclic) bond motifs is 1. The topological polar surface area (TPSA) is 80.1 Å². The Balaban J connectivity index is 1.43. The molecule has 0 saturated carbocycles.